The molecule has 0 aliphatic carbocycles. The van der Waals surface area contributed by atoms with Crippen molar-refractivity contribution in [1.82, 2.24) is 4.90 Å². The van der Waals surface area contributed by atoms with Gasteiger partial charge in [-0.15, -0.1) is 0 Å². The molecule has 0 aliphatic rings. The topological polar surface area (TPSA) is 88.9 Å². The molecule has 0 bridgehead atoms. The molecule has 0 radical (unpaired) electrons. The Morgan fingerprint density at radius 1 is 1.28 bits per heavy atom. The minimum absolute atomic E-state index is 0.0129. The van der Waals surface area contributed by atoms with E-state index in [1.807, 2.05) is 19.1 Å². The average molecular weight is 409 g/mol. The number of nitrogens with zero attached hydrogens (tertiary/aromatic N) is 1. The number of hydrogen-bond donors (Lipinski definition) is 1. The maximum Gasteiger partial charge on any atom is 0.374 e. The quantitative estimate of drug-likeness (QED) is 0.741. The Bertz CT molecular complexity index is 773. The first kappa shape index (κ1) is 18.7. The van der Waals surface area contributed by atoms with Crippen molar-refractivity contribution in [2.75, 3.05) is 25.5 Å². The van der Waals surface area contributed by atoms with E-state index in [-0.39, 0.29) is 18.2 Å². The van der Waals surface area contributed by atoms with E-state index in [2.05, 4.69) is 21.2 Å². The molecule has 8 heteroatoms. The number of aryl methyl sites for hydroxylation is 1. The van der Waals surface area contributed by atoms with E-state index < -0.39 is 18.5 Å². The number of rotatable bonds is 6. The van der Waals surface area contributed by atoms with Crippen molar-refractivity contribution >= 4 is 39.4 Å². The number of furan rings is 1. The Labute approximate surface area is 153 Å². The van der Waals surface area contributed by atoms with Gasteiger partial charge in [0.1, 0.15) is 0 Å². The van der Waals surface area contributed by atoms with E-state index in [0.717, 1.165) is 10.0 Å². The van der Waals surface area contributed by atoms with Gasteiger partial charge in [0.05, 0.1) is 12.8 Å². The first-order valence-electron chi connectivity index (χ1n) is 7.37. The summed E-state index contributed by atoms with van der Waals surface area (Å²) in [6, 6.07) is 8.43. The number of amides is 2. The Morgan fingerprint density at radius 2 is 2.04 bits per heavy atom. The van der Waals surface area contributed by atoms with Crippen LogP contribution < -0.4 is 5.32 Å². The van der Waals surface area contributed by atoms with E-state index in [0.29, 0.717) is 5.69 Å². The summed E-state index contributed by atoms with van der Waals surface area (Å²) in [5.74, 6) is -1.57. The number of halogens is 1. The molecule has 0 spiro atoms. The van der Waals surface area contributed by atoms with E-state index in [1.54, 1.807) is 12.1 Å². The van der Waals surface area contributed by atoms with Crippen LogP contribution in [-0.2, 0) is 14.3 Å². The second-order valence-corrected chi connectivity index (χ2v) is 6.23. The highest BCUT2D eigenvalue weighted by Gasteiger charge is 2.17. The molecular formula is C17H17BrN2O5. The third kappa shape index (κ3) is 5.46. The van der Waals surface area contributed by atoms with Gasteiger partial charge in [0.2, 0.25) is 11.7 Å². The highest BCUT2D eigenvalue weighted by Crippen LogP contribution is 2.19. The minimum atomic E-state index is -0.735. The summed E-state index contributed by atoms with van der Waals surface area (Å²) in [5, 5.41) is 2.73. The molecule has 2 rings (SSSR count). The lowest BCUT2D eigenvalue weighted by Crippen LogP contribution is -2.37. The molecule has 0 fully saturated rings. The summed E-state index contributed by atoms with van der Waals surface area (Å²) in [7, 11) is 1.46. The molecule has 1 aromatic heterocycles. The number of nitrogens with one attached hydrogen (secondary N) is 1. The summed E-state index contributed by atoms with van der Waals surface area (Å²) in [5.41, 5.74) is 1.56. The van der Waals surface area contributed by atoms with Gasteiger partial charge in [-0.1, -0.05) is 15.9 Å². The molecule has 1 aromatic carbocycles. The van der Waals surface area contributed by atoms with Crippen LogP contribution in [0, 0.1) is 6.92 Å². The molecule has 0 aliphatic heterocycles. The van der Waals surface area contributed by atoms with Gasteiger partial charge >= 0.3 is 5.97 Å². The van der Waals surface area contributed by atoms with Gasteiger partial charge in [0.15, 0.2) is 6.61 Å². The van der Waals surface area contributed by atoms with Crippen LogP contribution in [0.2, 0.25) is 0 Å². The molecule has 0 unspecified atom stereocenters. The molecule has 0 saturated carbocycles. The van der Waals surface area contributed by atoms with Crippen LogP contribution in [-0.4, -0.2) is 42.9 Å². The standard InChI is InChI=1S/C17H17BrN2O5/c1-11-8-12(18)5-6-13(11)19-15(21)9-20(2)16(22)10-25-17(23)14-4-3-7-24-14/h3-8H,9-10H2,1-2H3,(H,19,21). The number of anilines is 1. The molecule has 1 heterocycles. The number of esters is 1. The van der Waals surface area contributed by atoms with Crippen LogP contribution >= 0.6 is 15.9 Å². The van der Waals surface area contributed by atoms with E-state index in [1.165, 1.54) is 24.3 Å². The summed E-state index contributed by atoms with van der Waals surface area (Å²) in [4.78, 5) is 36.8. The van der Waals surface area contributed by atoms with Crippen molar-refractivity contribution in [1.29, 1.82) is 0 Å². The normalized spacial score (nSPS) is 10.2. The van der Waals surface area contributed by atoms with E-state index in [4.69, 9.17) is 9.15 Å². The third-order valence-corrected chi connectivity index (χ3v) is 3.81. The van der Waals surface area contributed by atoms with Crippen molar-refractivity contribution in [3.63, 3.8) is 0 Å². The molecule has 1 N–H and O–H groups in total. The summed E-state index contributed by atoms with van der Waals surface area (Å²) < 4.78 is 10.6. The lowest BCUT2D eigenvalue weighted by Gasteiger charge is -2.17. The molecule has 25 heavy (non-hydrogen) atoms. The van der Waals surface area contributed by atoms with Crippen molar-refractivity contribution in [3.8, 4) is 0 Å². The Hall–Kier alpha value is -2.61. The molecule has 0 atom stereocenters. The fourth-order valence-corrected chi connectivity index (χ4v) is 2.44. The second kappa shape index (κ2) is 8.48. The lowest BCUT2D eigenvalue weighted by molar-refractivity contribution is -0.136. The van der Waals surface area contributed by atoms with Gasteiger partial charge in [-0.2, -0.15) is 0 Å². The van der Waals surface area contributed by atoms with Crippen LogP contribution in [0.4, 0.5) is 5.69 Å². The molecular weight excluding hydrogens is 392 g/mol. The molecule has 2 amide bonds. The number of hydrogen-bond acceptors (Lipinski definition) is 5. The molecule has 0 saturated heterocycles. The molecule has 2 aromatic rings. The van der Waals surface area contributed by atoms with Gasteiger partial charge in [0, 0.05) is 17.2 Å². The van der Waals surface area contributed by atoms with Crippen LogP contribution in [0.3, 0.4) is 0 Å². The van der Waals surface area contributed by atoms with Crippen LogP contribution in [0.1, 0.15) is 16.1 Å². The van der Waals surface area contributed by atoms with Crippen molar-refractivity contribution in [2.24, 2.45) is 0 Å². The highest BCUT2D eigenvalue weighted by atomic mass is 79.9. The van der Waals surface area contributed by atoms with E-state index in [9.17, 15) is 14.4 Å². The predicted molar refractivity (Wildman–Crippen MR) is 94.1 cm³/mol. The van der Waals surface area contributed by atoms with Crippen LogP contribution in [0.5, 0.6) is 0 Å². The molecule has 132 valence electrons. The number of carbonyl (C=O) groups is 3. The smallest absolute Gasteiger partial charge is 0.374 e. The fraction of sp³-hybridized carbons (Fsp3) is 0.235. The first-order valence-corrected chi connectivity index (χ1v) is 8.16. The second-order valence-electron chi connectivity index (χ2n) is 5.31. The summed E-state index contributed by atoms with van der Waals surface area (Å²) in [6.45, 7) is 1.23. The SMILES string of the molecule is Cc1cc(Br)ccc1NC(=O)CN(C)C(=O)COC(=O)c1ccco1. The van der Waals surface area contributed by atoms with Gasteiger partial charge in [0.25, 0.3) is 5.91 Å². The third-order valence-electron chi connectivity index (χ3n) is 3.32. The van der Waals surface area contributed by atoms with Crippen molar-refractivity contribution in [3.05, 3.63) is 52.4 Å². The fourth-order valence-electron chi connectivity index (χ4n) is 1.96. The number of carbonyl (C=O) groups excluding carboxylic acids is 3. The Kier molecular flexibility index (Phi) is 6.35. The maximum atomic E-state index is 12.0. The highest BCUT2D eigenvalue weighted by molar-refractivity contribution is 9.10. The monoisotopic (exact) mass is 408 g/mol. The van der Waals surface area contributed by atoms with Gasteiger partial charge in [-0.3, -0.25) is 9.59 Å². The largest absolute Gasteiger partial charge is 0.457 e. The predicted octanol–water partition coefficient (Wildman–Crippen LogP) is 2.60. The summed E-state index contributed by atoms with van der Waals surface area (Å²) in [6.07, 6.45) is 1.33. The zero-order valence-electron chi connectivity index (χ0n) is 13.7. The number of benzene rings is 1. The van der Waals surface area contributed by atoms with Crippen LogP contribution in [0.15, 0.2) is 45.5 Å². The Morgan fingerprint density at radius 3 is 2.68 bits per heavy atom. The number of likely N-dealkylation sites (N-methyl/N-ethyl adjacent to an activating group) is 1. The lowest BCUT2D eigenvalue weighted by atomic mass is 10.2. The first-order chi connectivity index (χ1) is 11.9. The summed E-state index contributed by atoms with van der Waals surface area (Å²) >= 11 is 3.35. The van der Waals surface area contributed by atoms with E-state index >= 15 is 0 Å². The Balaban J connectivity index is 1.81. The molecule has 7 nitrogen and oxygen atoms in total. The van der Waals surface area contributed by atoms with Gasteiger partial charge in [-0.05, 0) is 42.8 Å². The number of ether oxygens (including phenoxy) is 1. The van der Waals surface area contributed by atoms with Gasteiger partial charge < -0.3 is 19.4 Å². The van der Waals surface area contributed by atoms with Gasteiger partial charge in [-0.25, -0.2) is 4.79 Å². The maximum absolute atomic E-state index is 12.0. The average Bonchev–Trinajstić information content (AvgIpc) is 3.09. The zero-order valence-corrected chi connectivity index (χ0v) is 15.3. The minimum Gasteiger partial charge on any atom is -0.457 e. The zero-order chi connectivity index (χ0) is 18.4. The van der Waals surface area contributed by atoms with Crippen molar-refractivity contribution in [2.45, 2.75) is 6.92 Å². The van der Waals surface area contributed by atoms with Crippen molar-refractivity contribution < 1.29 is 23.5 Å². The van der Waals surface area contributed by atoms with Crippen LogP contribution in [0.25, 0.3) is 0 Å².